The van der Waals surface area contributed by atoms with Crippen LogP contribution >= 0.6 is 11.6 Å². The molecule has 1 aromatic heterocycles. The fourth-order valence-corrected chi connectivity index (χ4v) is 6.92. The number of hydrogen-bond donors (Lipinski definition) is 0. The van der Waals surface area contributed by atoms with Gasteiger partial charge in [-0.2, -0.15) is 17.5 Å². The molecule has 5 rings (SSSR count). The molecule has 0 amide bonds. The molecule has 10 heteroatoms. The normalized spacial score (nSPS) is 16.8. The Labute approximate surface area is 212 Å². The molecule has 0 bridgehead atoms. The molecule has 1 fully saturated rings. The van der Waals surface area contributed by atoms with E-state index in [4.69, 9.17) is 11.6 Å². The summed E-state index contributed by atoms with van der Waals surface area (Å²) in [7, 11) is -3.57. The molecule has 1 saturated heterocycles. The van der Waals surface area contributed by atoms with Gasteiger partial charge in [0.15, 0.2) is 5.78 Å². The van der Waals surface area contributed by atoms with Crippen molar-refractivity contribution >= 4 is 27.4 Å². The molecular weight excluding hydrogens is 513 g/mol. The predicted molar refractivity (Wildman–Crippen MR) is 130 cm³/mol. The summed E-state index contributed by atoms with van der Waals surface area (Å²) in [6.45, 7) is 1.01. The third-order valence-corrected chi connectivity index (χ3v) is 9.15. The summed E-state index contributed by atoms with van der Waals surface area (Å²) in [6, 6.07) is 9.74. The number of aromatic nitrogens is 1. The Morgan fingerprint density at radius 3 is 2.25 bits per heavy atom. The van der Waals surface area contributed by atoms with Crippen LogP contribution in [0, 0.1) is 0 Å². The summed E-state index contributed by atoms with van der Waals surface area (Å²) < 4.78 is 70.1. The van der Waals surface area contributed by atoms with Crippen molar-refractivity contribution in [2.45, 2.75) is 49.6 Å². The van der Waals surface area contributed by atoms with Gasteiger partial charge in [-0.3, -0.25) is 4.79 Å². The molecule has 0 spiro atoms. The maximum atomic E-state index is 13.7. The lowest BCUT2D eigenvalue weighted by molar-refractivity contribution is -0.137. The van der Waals surface area contributed by atoms with Crippen molar-refractivity contribution in [2.75, 3.05) is 13.1 Å². The first kappa shape index (κ1) is 25.0. The average Bonchev–Trinajstić information content (AvgIpc) is 3.52. The fourth-order valence-electron chi connectivity index (χ4n) is 5.14. The molecule has 2 aliphatic rings. The lowest BCUT2D eigenvalue weighted by Crippen LogP contribution is -2.27. The Bertz CT molecular complexity index is 1420. The molecule has 3 aromatic rings. The first-order valence-electron chi connectivity index (χ1n) is 11.8. The number of rotatable bonds is 5. The molecule has 36 heavy (non-hydrogen) atoms. The van der Waals surface area contributed by atoms with Crippen molar-refractivity contribution in [1.82, 2.24) is 8.87 Å². The van der Waals surface area contributed by atoms with Gasteiger partial charge in [-0.1, -0.05) is 17.7 Å². The monoisotopic (exact) mass is 536 g/mol. The minimum absolute atomic E-state index is 0.191. The van der Waals surface area contributed by atoms with Gasteiger partial charge in [0, 0.05) is 36.2 Å². The maximum absolute atomic E-state index is 13.7. The second-order valence-electron chi connectivity index (χ2n) is 9.14. The van der Waals surface area contributed by atoms with Crippen LogP contribution in [0.2, 0.25) is 5.02 Å². The molecular formula is C26H24ClF3N2O3S. The minimum atomic E-state index is -4.73. The van der Waals surface area contributed by atoms with Gasteiger partial charge in [0.25, 0.3) is 0 Å². The zero-order valence-electron chi connectivity index (χ0n) is 19.3. The summed E-state index contributed by atoms with van der Waals surface area (Å²) in [5.74, 6) is -0.766. The first-order valence-corrected chi connectivity index (χ1v) is 13.6. The number of benzene rings is 2. The summed E-state index contributed by atoms with van der Waals surface area (Å²) in [5, 5.41) is -0.247. The van der Waals surface area contributed by atoms with Crippen LogP contribution in [-0.2, 0) is 29.0 Å². The molecule has 190 valence electrons. The number of carbonyl (C=O) groups is 1. The average molecular weight is 537 g/mol. The number of alkyl halides is 3. The highest BCUT2D eigenvalue weighted by Crippen LogP contribution is 2.38. The van der Waals surface area contributed by atoms with E-state index < -0.39 is 33.1 Å². The molecule has 5 nitrogen and oxygen atoms in total. The predicted octanol–water partition coefficient (Wildman–Crippen LogP) is 6.04. The van der Waals surface area contributed by atoms with E-state index in [0.717, 1.165) is 37.4 Å². The van der Waals surface area contributed by atoms with E-state index in [1.807, 2.05) is 0 Å². The molecule has 0 radical (unpaired) electrons. The number of nitrogens with zero attached hydrogens (tertiary/aromatic N) is 2. The second kappa shape index (κ2) is 9.36. The van der Waals surface area contributed by atoms with Gasteiger partial charge in [0.05, 0.1) is 21.0 Å². The summed E-state index contributed by atoms with van der Waals surface area (Å²) >= 11 is 6.11. The van der Waals surface area contributed by atoms with Crippen molar-refractivity contribution in [2.24, 2.45) is 0 Å². The van der Waals surface area contributed by atoms with Gasteiger partial charge in [-0.15, -0.1) is 0 Å². The minimum Gasteiger partial charge on any atom is -0.320 e. The van der Waals surface area contributed by atoms with Crippen molar-refractivity contribution in [3.8, 4) is 5.69 Å². The quantitative estimate of drug-likeness (QED) is 0.373. The smallest absolute Gasteiger partial charge is 0.320 e. The lowest BCUT2D eigenvalue weighted by atomic mass is 9.90. The summed E-state index contributed by atoms with van der Waals surface area (Å²) in [6.07, 6.45) is 1.43. The number of carbonyl (C=O) groups excluding carboxylic acids is 1. The van der Waals surface area contributed by atoms with Crippen LogP contribution < -0.4 is 0 Å². The standard InChI is InChI=1S/C26H24ClF3N2O3S/c27-22-8-5-7-21(26(28,29)30)24(22)25(33)20-16-32(23-9-2-1-6-19(20)23)17-10-12-18(13-11-17)36(34,35)31-14-3-4-15-31/h5,7-8,10-13,16H,1-4,6,9,14-15H2. The van der Waals surface area contributed by atoms with Crippen LogP contribution in [0.4, 0.5) is 13.2 Å². The Morgan fingerprint density at radius 1 is 0.917 bits per heavy atom. The number of halogens is 4. The summed E-state index contributed by atoms with van der Waals surface area (Å²) in [5.41, 5.74) is 0.784. The molecule has 0 atom stereocenters. The second-order valence-corrected chi connectivity index (χ2v) is 11.5. The van der Waals surface area contributed by atoms with Gasteiger partial charge in [0.2, 0.25) is 10.0 Å². The summed E-state index contributed by atoms with van der Waals surface area (Å²) in [4.78, 5) is 13.7. The molecule has 0 saturated carbocycles. The lowest BCUT2D eigenvalue weighted by Gasteiger charge is -2.18. The van der Waals surface area contributed by atoms with Gasteiger partial charge < -0.3 is 4.57 Å². The molecule has 1 aliphatic carbocycles. The van der Waals surface area contributed by atoms with Crippen molar-refractivity contribution in [3.05, 3.63) is 81.6 Å². The van der Waals surface area contributed by atoms with E-state index in [9.17, 15) is 26.4 Å². The van der Waals surface area contributed by atoms with Crippen molar-refractivity contribution in [3.63, 3.8) is 0 Å². The zero-order chi connectivity index (χ0) is 25.7. The van der Waals surface area contributed by atoms with Gasteiger partial charge in [-0.05, 0) is 80.5 Å². The van der Waals surface area contributed by atoms with E-state index in [2.05, 4.69) is 0 Å². The number of hydrogen-bond acceptors (Lipinski definition) is 3. The van der Waals surface area contributed by atoms with E-state index in [1.54, 1.807) is 22.9 Å². The highest BCUT2D eigenvalue weighted by atomic mass is 35.5. The van der Waals surface area contributed by atoms with Crippen LogP contribution in [0.15, 0.2) is 53.6 Å². The number of sulfonamides is 1. The number of fused-ring (bicyclic) bond motifs is 1. The highest BCUT2D eigenvalue weighted by molar-refractivity contribution is 7.89. The van der Waals surface area contributed by atoms with Crippen molar-refractivity contribution in [1.29, 1.82) is 0 Å². The van der Waals surface area contributed by atoms with Crippen LogP contribution in [-0.4, -0.2) is 36.2 Å². The van der Waals surface area contributed by atoms with E-state index in [1.165, 1.54) is 28.6 Å². The largest absolute Gasteiger partial charge is 0.417 e. The van der Waals surface area contributed by atoms with Crippen LogP contribution in [0.3, 0.4) is 0 Å². The third-order valence-electron chi connectivity index (χ3n) is 6.92. The molecule has 1 aliphatic heterocycles. The van der Waals surface area contributed by atoms with E-state index >= 15 is 0 Å². The Kier molecular flexibility index (Phi) is 6.51. The van der Waals surface area contributed by atoms with E-state index in [0.29, 0.717) is 37.2 Å². The zero-order valence-corrected chi connectivity index (χ0v) is 20.9. The number of ketones is 1. The van der Waals surface area contributed by atoms with Gasteiger partial charge >= 0.3 is 6.18 Å². The first-order chi connectivity index (χ1) is 17.1. The molecule has 0 unspecified atom stereocenters. The Balaban J connectivity index is 1.57. The fraction of sp³-hybridized carbons (Fsp3) is 0.346. The third kappa shape index (κ3) is 4.37. The molecule has 0 N–H and O–H groups in total. The molecule has 2 heterocycles. The highest BCUT2D eigenvalue weighted by Gasteiger charge is 2.37. The van der Waals surface area contributed by atoms with Crippen LogP contribution in [0.25, 0.3) is 5.69 Å². The SMILES string of the molecule is O=C(c1cn(-c2ccc(S(=O)(=O)N3CCCC3)cc2)c2c1CCCC2)c1c(Cl)cccc1C(F)(F)F. The molecule has 2 aromatic carbocycles. The van der Waals surface area contributed by atoms with Crippen molar-refractivity contribution < 1.29 is 26.4 Å². The van der Waals surface area contributed by atoms with E-state index in [-0.39, 0.29) is 15.5 Å². The topological polar surface area (TPSA) is 59.4 Å². The van der Waals surface area contributed by atoms with Gasteiger partial charge in [-0.25, -0.2) is 8.42 Å². The van der Waals surface area contributed by atoms with Crippen LogP contribution in [0.5, 0.6) is 0 Å². The maximum Gasteiger partial charge on any atom is 0.417 e. The Hall–Kier alpha value is -2.62. The van der Waals surface area contributed by atoms with Gasteiger partial charge in [0.1, 0.15) is 0 Å². The Morgan fingerprint density at radius 2 is 1.58 bits per heavy atom. The van der Waals surface area contributed by atoms with Crippen LogP contribution in [0.1, 0.15) is 58.4 Å².